The standard InChI is InChI=1S/C16H17FN2O2/c1-2-19-11-14(10-18-19)12-21-16-8-13(5-3-4-6-20)7-15(17)9-16/h7-11,20H,2,4,6,12H2,1H3. The minimum Gasteiger partial charge on any atom is -0.489 e. The third-order valence-corrected chi connectivity index (χ3v) is 2.76. The predicted molar refractivity (Wildman–Crippen MR) is 77.2 cm³/mol. The van der Waals surface area contributed by atoms with Crippen LogP contribution in [0.25, 0.3) is 0 Å². The van der Waals surface area contributed by atoms with E-state index in [0.29, 0.717) is 24.3 Å². The molecule has 1 heterocycles. The van der Waals surface area contributed by atoms with Gasteiger partial charge in [-0.25, -0.2) is 4.39 Å². The van der Waals surface area contributed by atoms with E-state index in [9.17, 15) is 4.39 Å². The number of aromatic nitrogens is 2. The summed E-state index contributed by atoms with van der Waals surface area (Å²) in [6.07, 6.45) is 3.98. The van der Waals surface area contributed by atoms with Crippen molar-refractivity contribution >= 4 is 0 Å². The fourth-order valence-corrected chi connectivity index (χ4v) is 1.76. The highest BCUT2D eigenvalue weighted by Crippen LogP contribution is 2.17. The summed E-state index contributed by atoms with van der Waals surface area (Å²) in [7, 11) is 0. The summed E-state index contributed by atoms with van der Waals surface area (Å²) in [5.41, 5.74) is 1.46. The number of rotatable bonds is 5. The molecular formula is C16H17FN2O2. The molecule has 0 saturated carbocycles. The molecule has 0 spiro atoms. The van der Waals surface area contributed by atoms with Crippen LogP contribution in [-0.4, -0.2) is 21.5 Å². The van der Waals surface area contributed by atoms with Crippen LogP contribution in [0.15, 0.2) is 30.6 Å². The Balaban J connectivity index is 2.04. The maximum atomic E-state index is 13.5. The Kier molecular flexibility index (Phi) is 5.35. The third kappa shape index (κ3) is 4.62. The quantitative estimate of drug-likeness (QED) is 0.859. The van der Waals surface area contributed by atoms with E-state index in [0.717, 1.165) is 12.1 Å². The lowest BCUT2D eigenvalue weighted by Gasteiger charge is -2.05. The van der Waals surface area contributed by atoms with Crippen molar-refractivity contribution in [3.8, 4) is 17.6 Å². The second-order valence-corrected chi connectivity index (χ2v) is 4.44. The molecule has 1 N–H and O–H groups in total. The molecule has 2 aromatic rings. The fourth-order valence-electron chi connectivity index (χ4n) is 1.76. The van der Waals surface area contributed by atoms with Gasteiger partial charge >= 0.3 is 0 Å². The molecule has 0 amide bonds. The first-order valence-electron chi connectivity index (χ1n) is 6.75. The minimum absolute atomic E-state index is 0.00685. The van der Waals surface area contributed by atoms with E-state index in [1.54, 1.807) is 16.9 Å². The van der Waals surface area contributed by atoms with E-state index in [-0.39, 0.29) is 6.61 Å². The first-order valence-corrected chi connectivity index (χ1v) is 6.75. The molecule has 0 bridgehead atoms. The van der Waals surface area contributed by atoms with Crippen LogP contribution >= 0.6 is 0 Å². The maximum absolute atomic E-state index is 13.5. The molecule has 0 aliphatic rings. The van der Waals surface area contributed by atoms with Crippen LogP contribution in [0.4, 0.5) is 4.39 Å². The van der Waals surface area contributed by atoms with Gasteiger partial charge in [0.1, 0.15) is 18.2 Å². The molecule has 5 heteroatoms. The minimum atomic E-state index is -0.398. The molecule has 1 aromatic heterocycles. The zero-order valence-corrected chi connectivity index (χ0v) is 11.8. The van der Waals surface area contributed by atoms with E-state index in [4.69, 9.17) is 9.84 Å². The van der Waals surface area contributed by atoms with Crippen LogP contribution in [0.3, 0.4) is 0 Å². The highest BCUT2D eigenvalue weighted by molar-refractivity contribution is 5.40. The summed E-state index contributed by atoms with van der Waals surface area (Å²) in [4.78, 5) is 0. The van der Waals surface area contributed by atoms with E-state index < -0.39 is 5.82 Å². The second kappa shape index (κ2) is 7.46. The molecule has 1 aromatic carbocycles. The van der Waals surface area contributed by atoms with Gasteiger partial charge in [0.2, 0.25) is 0 Å². The Morgan fingerprint density at radius 1 is 1.38 bits per heavy atom. The van der Waals surface area contributed by atoms with Crippen LogP contribution in [0.2, 0.25) is 0 Å². The Hall–Kier alpha value is -2.32. The van der Waals surface area contributed by atoms with Crippen LogP contribution in [-0.2, 0) is 13.2 Å². The molecule has 0 aliphatic carbocycles. The monoisotopic (exact) mass is 288 g/mol. The Morgan fingerprint density at radius 3 is 2.95 bits per heavy atom. The number of hydrogen-bond donors (Lipinski definition) is 1. The maximum Gasteiger partial charge on any atom is 0.128 e. The number of benzene rings is 1. The topological polar surface area (TPSA) is 47.3 Å². The number of aryl methyl sites for hydroxylation is 1. The summed E-state index contributed by atoms with van der Waals surface area (Å²) < 4.78 is 20.9. The van der Waals surface area contributed by atoms with Crippen molar-refractivity contribution in [2.24, 2.45) is 0 Å². The van der Waals surface area contributed by atoms with Crippen molar-refractivity contribution in [2.75, 3.05) is 6.61 Å². The lowest BCUT2D eigenvalue weighted by molar-refractivity contribution is 0.304. The lowest BCUT2D eigenvalue weighted by Crippen LogP contribution is -1.96. The van der Waals surface area contributed by atoms with Gasteiger partial charge in [0.15, 0.2) is 0 Å². The third-order valence-electron chi connectivity index (χ3n) is 2.76. The number of hydrogen-bond acceptors (Lipinski definition) is 3. The van der Waals surface area contributed by atoms with Crippen molar-refractivity contribution in [3.63, 3.8) is 0 Å². The zero-order valence-electron chi connectivity index (χ0n) is 11.8. The van der Waals surface area contributed by atoms with Crippen LogP contribution in [0, 0.1) is 17.7 Å². The van der Waals surface area contributed by atoms with Crippen molar-refractivity contribution < 1.29 is 14.2 Å². The Bertz CT molecular complexity index is 656. The first kappa shape index (κ1) is 15.1. The lowest BCUT2D eigenvalue weighted by atomic mass is 10.2. The average Bonchev–Trinajstić information content (AvgIpc) is 2.93. The molecule has 0 radical (unpaired) electrons. The highest BCUT2D eigenvalue weighted by atomic mass is 19.1. The smallest absolute Gasteiger partial charge is 0.128 e. The van der Waals surface area contributed by atoms with Gasteiger partial charge in [-0.2, -0.15) is 5.10 Å². The van der Waals surface area contributed by atoms with Crippen molar-refractivity contribution in [3.05, 3.63) is 47.5 Å². The van der Waals surface area contributed by atoms with Gasteiger partial charge in [0.05, 0.1) is 12.8 Å². The Labute approximate surface area is 123 Å². The molecular weight excluding hydrogens is 271 g/mol. The summed E-state index contributed by atoms with van der Waals surface area (Å²) in [5.74, 6) is 5.57. The van der Waals surface area contributed by atoms with Gasteiger partial charge in [0.25, 0.3) is 0 Å². The molecule has 0 atom stereocenters. The molecule has 2 rings (SSSR count). The molecule has 0 unspecified atom stereocenters. The molecule has 0 fully saturated rings. The number of ether oxygens (including phenoxy) is 1. The molecule has 4 nitrogen and oxygen atoms in total. The van der Waals surface area contributed by atoms with Gasteiger partial charge in [0, 0.05) is 36.4 Å². The summed E-state index contributed by atoms with van der Waals surface area (Å²) in [6, 6.07) is 4.34. The molecule has 110 valence electrons. The van der Waals surface area contributed by atoms with Crippen molar-refractivity contribution in [1.29, 1.82) is 0 Å². The van der Waals surface area contributed by atoms with E-state index in [1.165, 1.54) is 12.1 Å². The van der Waals surface area contributed by atoms with Gasteiger partial charge in [-0.05, 0) is 19.1 Å². The molecule has 0 saturated heterocycles. The highest BCUT2D eigenvalue weighted by Gasteiger charge is 2.03. The van der Waals surface area contributed by atoms with Crippen molar-refractivity contribution in [2.45, 2.75) is 26.5 Å². The molecule has 21 heavy (non-hydrogen) atoms. The van der Waals surface area contributed by atoms with Crippen LogP contribution < -0.4 is 4.74 Å². The second-order valence-electron chi connectivity index (χ2n) is 4.44. The van der Waals surface area contributed by atoms with Gasteiger partial charge in [-0.1, -0.05) is 11.8 Å². The van der Waals surface area contributed by atoms with E-state index >= 15 is 0 Å². The summed E-state index contributed by atoms with van der Waals surface area (Å²) >= 11 is 0. The van der Waals surface area contributed by atoms with Gasteiger partial charge in [-0.15, -0.1) is 0 Å². The zero-order chi connectivity index (χ0) is 15.1. The van der Waals surface area contributed by atoms with Crippen LogP contribution in [0.1, 0.15) is 24.5 Å². The fraction of sp³-hybridized carbons (Fsp3) is 0.312. The number of halogens is 1. The average molecular weight is 288 g/mol. The largest absolute Gasteiger partial charge is 0.489 e. The van der Waals surface area contributed by atoms with E-state index in [1.807, 2.05) is 13.1 Å². The molecule has 0 aliphatic heterocycles. The van der Waals surface area contributed by atoms with Crippen molar-refractivity contribution in [1.82, 2.24) is 9.78 Å². The van der Waals surface area contributed by atoms with E-state index in [2.05, 4.69) is 16.9 Å². The Morgan fingerprint density at radius 2 is 2.24 bits per heavy atom. The van der Waals surface area contributed by atoms with Gasteiger partial charge in [-0.3, -0.25) is 4.68 Å². The normalized spacial score (nSPS) is 10.0. The number of nitrogens with zero attached hydrogens (tertiary/aromatic N) is 2. The van der Waals surface area contributed by atoms with Crippen LogP contribution in [0.5, 0.6) is 5.75 Å². The first-order chi connectivity index (χ1) is 10.2. The summed E-state index contributed by atoms with van der Waals surface area (Å²) in [5, 5.41) is 12.8. The van der Waals surface area contributed by atoms with Gasteiger partial charge < -0.3 is 9.84 Å². The SMILES string of the molecule is CCn1cc(COc2cc(F)cc(C#CCCO)c2)cn1. The summed E-state index contributed by atoms with van der Waals surface area (Å²) in [6.45, 7) is 3.12. The number of aliphatic hydroxyl groups is 1. The predicted octanol–water partition coefficient (Wildman–Crippen LogP) is 2.36. The number of aliphatic hydroxyl groups excluding tert-OH is 1.